The Morgan fingerprint density at radius 2 is 2.22 bits per heavy atom. The van der Waals surface area contributed by atoms with Crippen molar-refractivity contribution in [3.8, 4) is 0 Å². The minimum Gasteiger partial charge on any atom is -0.313 e. The van der Waals surface area contributed by atoms with Crippen molar-refractivity contribution in [1.29, 1.82) is 0 Å². The van der Waals surface area contributed by atoms with Crippen molar-refractivity contribution in [2.75, 3.05) is 6.54 Å². The minimum absolute atomic E-state index is 0.631. The lowest BCUT2D eigenvalue weighted by molar-refractivity contribution is 0.182. The molecule has 1 aliphatic carbocycles. The first-order valence-electron chi connectivity index (χ1n) is 7.21. The molecular weight excluding hydrogens is 240 g/mol. The SMILES string of the molecule is CCC(C)NCC(C)N(Cc1ccsc1)C1CC1. The summed E-state index contributed by atoms with van der Waals surface area (Å²) < 4.78 is 0. The summed E-state index contributed by atoms with van der Waals surface area (Å²) in [7, 11) is 0. The van der Waals surface area contributed by atoms with E-state index in [1.165, 1.54) is 24.8 Å². The predicted octanol–water partition coefficient (Wildman–Crippen LogP) is 3.49. The number of thiophene rings is 1. The van der Waals surface area contributed by atoms with Gasteiger partial charge in [0.2, 0.25) is 0 Å². The zero-order chi connectivity index (χ0) is 13.0. The van der Waals surface area contributed by atoms with E-state index in [4.69, 9.17) is 0 Å². The molecule has 0 bridgehead atoms. The van der Waals surface area contributed by atoms with E-state index < -0.39 is 0 Å². The summed E-state index contributed by atoms with van der Waals surface area (Å²) in [4.78, 5) is 2.68. The molecule has 1 aromatic rings. The maximum atomic E-state index is 3.64. The zero-order valence-corrected chi connectivity index (χ0v) is 12.7. The van der Waals surface area contributed by atoms with Gasteiger partial charge in [-0.2, -0.15) is 11.3 Å². The number of hydrogen-bond donors (Lipinski definition) is 1. The smallest absolute Gasteiger partial charge is 0.0248 e. The van der Waals surface area contributed by atoms with Crippen LogP contribution < -0.4 is 5.32 Å². The highest BCUT2D eigenvalue weighted by Crippen LogP contribution is 2.30. The van der Waals surface area contributed by atoms with E-state index in [9.17, 15) is 0 Å². The van der Waals surface area contributed by atoms with Gasteiger partial charge in [0.05, 0.1) is 0 Å². The molecule has 1 heterocycles. The zero-order valence-electron chi connectivity index (χ0n) is 11.9. The van der Waals surface area contributed by atoms with Crippen molar-refractivity contribution in [1.82, 2.24) is 10.2 Å². The molecule has 0 amide bonds. The van der Waals surface area contributed by atoms with E-state index in [2.05, 4.69) is 47.8 Å². The maximum Gasteiger partial charge on any atom is 0.0248 e. The van der Waals surface area contributed by atoms with Gasteiger partial charge in [-0.15, -0.1) is 0 Å². The van der Waals surface area contributed by atoms with Crippen molar-refractivity contribution in [2.24, 2.45) is 0 Å². The molecule has 1 aliphatic rings. The third-order valence-corrected chi connectivity index (χ3v) is 4.63. The summed E-state index contributed by atoms with van der Waals surface area (Å²) in [6.45, 7) is 9.10. The highest BCUT2D eigenvalue weighted by molar-refractivity contribution is 7.07. The Balaban J connectivity index is 1.84. The quantitative estimate of drug-likeness (QED) is 0.775. The molecule has 0 aliphatic heterocycles. The number of nitrogens with zero attached hydrogens (tertiary/aromatic N) is 1. The van der Waals surface area contributed by atoms with Crippen LogP contribution >= 0.6 is 11.3 Å². The molecule has 2 nitrogen and oxygen atoms in total. The van der Waals surface area contributed by atoms with E-state index in [0.717, 1.165) is 19.1 Å². The third-order valence-electron chi connectivity index (χ3n) is 3.90. The Morgan fingerprint density at radius 1 is 1.44 bits per heavy atom. The Morgan fingerprint density at radius 3 is 2.78 bits per heavy atom. The highest BCUT2D eigenvalue weighted by Gasteiger charge is 2.32. The summed E-state index contributed by atoms with van der Waals surface area (Å²) in [5, 5.41) is 8.10. The fourth-order valence-corrected chi connectivity index (χ4v) is 2.94. The molecule has 0 aromatic carbocycles. The molecule has 0 spiro atoms. The van der Waals surface area contributed by atoms with Gasteiger partial charge in [-0.05, 0) is 55.5 Å². The second kappa shape index (κ2) is 6.69. The summed E-state index contributed by atoms with van der Waals surface area (Å²) in [5.74, 6) is 0. The minimum atomic E-state index is 0.631. The van der Waals surface area contributed by atoms with Crippen LogP contribution in [0.5, 0.6) is 0 Å². The molecule has 2 rings (SSSR count). The average Bonchev–Trinajstić information content (AvgIpc) is 3.09. The van der Waals surface area contributed by atoms with E-state index in [-0.39, 0.29) is 0 Å². The van der Waals surface area contributed by atoms with Gasteiger partial charge < -0.3 is 5.32 Å². The first kappa shape index (κ1) is 14.0. The molecule has 1 saturated carbocycles. The number of nitrogens with one attached hydrogen (secondary N) is 1. The molecule has 0 radical (unpaired) electrons. The van der Waals surface area contributed by atoms with Crippen LogP contribution in [0, 0.1) is 0 Å². The van der Waals surface area contributed by atoms with Crippen molar-refractivity contribution < 1.29 is 0 Å². The number of hydrogen-bond acceptors (Lipinski definition) is 3. The lowest BCUT2D eigenvalue weighted by atomic mass is 10.2. The molecule has 1 aromatic heterocycles. The second-order valence-corrected chi connectivity index (χ2v) is 6.38. The Kier molecular flexibility index (Phi) is 5.22. The second-order valence-electron chi connectivity index (χ2n) is 5.60. The van der Waals surface area contributed by atoms with Gasteiger partial charge in [0.25, 0.3) is 0 Å². The first-order chi connectivity index (χ1) is 8.70. The van der Waals surface area contributed by atoms with Crippen LogP contribution in [0.25, 0.3) is 0 Å². The van der Waals surface area contributed by atoms with Crippen molar-refractivity contribution in [3.05, 3.63) is 22.4 Å². The number of rotatable bonds is 8. The topological polar surface area (TPSA) is 15.3 Å². The van der Waals surface area contributed by atoms with Crippen molar-refractivity contribution in [2.45, 2.75) is 64.7 Å². The maximum absolute atomic E-state index is 3.64. The van der Waals surface area contributed by atoms with Gasteiger partial charge in [-0.3, -0.25) is 4.90 Å². The van der Waals surface area contributed by atoms with Gasteiger partial charge in [0.1, 0.15) is 0 Å². The molecule has 1 N–H and O–H groups in total. The van der Waals surface area contributed by atoms with Crippen LogP contribution in [-0.2, 0) is 6.54 Å². The third kappa shape index (κ3) is 4.08. The normalized spacial score (nSPS) is 19.1. The summed E-state index contributed by atoms with van der Waals surface area (Å²) in [5.41, 5.74) is 1.47. The van der Waals surface area contributed by atoms with E-state index in [0.29, 0.717) is 12.1 Å². The van der Waals surface area contributed by atoms with Gasteiger partial charge in [0.15, 0.2) is 0 Å². The Hall–Kier alpha value is -0.380. The fraction of sp³-hybridized carbons (Fsp3) is 0.733. The summed E-state index contributed by atoms with van der Waals surface area (Å²) >= 11 is 1.80. The van der Waals surface area contributed by atoms with E-state index in [1.54, 1.807) is 11.3 Å². The lowest BCUT2D eigenvalue weighted by Crippen LogP contribution is -2.43. The van der Waals surface area contributed by atoms with Crippen LogP contribution in [0.1, 0.15) is 45.6 Å². The van der Waals surface area contributed by atoms with E-state index in [1.807, 2.05) is 0 Å². The van der Waals surface area contributed by atoms with Crippen LogP contribution in [0.4, 0.5) is 0 Å². The Labute approximate surface area is 115 Å². The fourth-order valence-electron chi connectivity index (χ4n) is 2.28. The molecule has 102 valence electrons. The van der Waals surface area contributed by atoms with Gasteiger partial charge in [-0.25, -0.2) is 0 Å². The van der Waals surface area contributed by atoms with Gasteiger partial charge in [0, 0.05) is 31.2 Å². The van der Waals surface area contributed by atoms with Crippen LogP contribution in [0.15, 0.2) is 16.8 Å². The molecule has 1 fully saturated rings. The molecular formula is C15H26N2S. The van der Waals surface area contributed by atoms with Crippen molar-refractivity contribution >= 4 is 11.3 Å². The van der Waals surface area contributed by atoms with E-state index >= 15 is 0 Å². The molecule has 2 unspecified atom stereocenters. The Bertz CT molecular complexity index is 332. The largest absolute Gasteiger partial charge is 0.313 e. The molecule has 2 atom stereocenters. The summed E-state index contributed by atoms with van der Waals surface area (Å²) in [6, 6.07) is 4.36. The van der Waals surface area contributed by atoms with Crippen LogP contribution in [0.3, 0.4) is 0 Å². The average molecular weight is 266 g/mol. The monoisotopic (exact) mass is 266 g/mol. The van der Waals surface area contributed by atoms with Crippen LogP contribution in [0.2, 0.25) is 0 Å². The van der Waals surface area contributed by atoms with Gasteiger partial charge >= 0.3 is 0 Å². The highest BCUT2D eigenvalue weighted by atomic mass is 32.1. The van der Waals surface area contributed by atoms with Crippen molar-refractivity contribution in [3.63, 3.8) is 0 Å². The first-order valence-corrected chi connectivity index (χ1v) is 8.15. The predicted molar refractivity (Wildman–Crippen MR) is 80.1 cm³/mol. The van der Waals surface area contributed by atoms with Crippen LogP contribution in [-0.4, -0.2) is 29.6 Å². The van der Waals surface area contributed by atoms with Gasteiger partial charge in [-0.1, -0.05) is 6.92 Å². The molecule has 3 heteroatoms. The molecule has 18 heavy (non-hydrogen) atoms. The standard InChI is InChI=1S/C15H26N2S/c1-4-12(2)16-9-13(3)17(15-5-6-15)10-14-7-8-18-11-14/h7-8,11-13,15-16H,4-6,9-10H2,1-3H3. The summed E-state index contributed by atoms with van der Waals surface area (Å²) in [6.07, 6.45) is 3.98. The lowest BCUT2D eigenvalue weighted by Gasteiger charge is -2.30. The molecule has 0 saturated heterocycles.